The highest BCUT2D eigenvalue weighted by molar-refractivity contribution is 7.92. The van der Waals surface area contributed by atoms with E-state index in [2.05, 4.69) is 5.32 Å². The Balaban J connectivity index is 1.37. The molecule has 0 radical (unpaired) electrons. The number of nitrogens with zero attached hydrogens (tertiary/aromatic N) is 2. The summed E-state index contributed by atoms with van der Waals surface area (Å²) in [6.45, 7) is 1.37. The molecule has 1 amide bonds. The molecule has 3 aromatic rings. The summed E-state index contributed by atoms with van der Waals surface area (Å²) in [7, 11) is -7.81. The first-order chi connectivity index (χ1) is 18.7. The highest BCUT2D eigenvalue weighted by Crippen LogP contribution is 2.35. The molecule has 0 bridgehead atoms. The van der Waals surface area contributed by atoms with Gasteiger partial charge in [-0.1, -0.05) is 18.2 Å². The summed E-state index contributed by atoms with van der Waals surface area (Å²) < 4.78 is 71.6. The molecular weight excluding hydrogens is 546 g/mol. The Kier molecular flexibility index (Phi) is 7.75. The quantitative estimate of drug-likeness (QED) is 0.434. The van der Waals surface area contributed by atoms with E-state index < -0.39 is 32.5 Å². The van der Waals surface area contributed by atoms with Gasteiger partial charge in [-0.15, -0.1) is 0 Å². The fourth-order valence-electron chi connectivity index (χ4n) is 4.20. The Morgan fingerprint density at radius 3 is 2.15 bits per heavy atom. The number of fused-ring (bicyclic) bond motifs is 1. The summed E-state index contributed by atoms with van der Waals surface area (Å²) in [6.07, 6.45) is 0. The van der Waals surface area contributed by atoms with E-state index in [1.165, 1.54) is 46.8 Å². The second-order valence-corrected chi connectivity index (χ2v) is 12.5. The van der Waals surface area contributed by atoms with Gasteiger partial charge >= 0.3 is 0 Å². The van der Waals surface area contributed by atoms with Gasteiger partial charge in [-0.25, -0.2) is 16.8 Å². The number of hydrogen-bond donors (Lipinski definition) is 1. The lowest BCUT2D eigenvalue weighted by atomic mass is 10.2. The topological polar surface area (TPSA) is 132 Å². The van der Waals surface area contributed by atoms with Crippen molar-refractivity contribution < 1.29 is 35.8 Å². The van der Waals surface area contributed by atoms with Crippen molar-refractivity contribution in [2.45, 2.75) is 9.79 Å². The summed E-state index contributed by atoms with van der Waals surface area (Å²) in [5.41, 5.74) is 0.547. The smallest absolute Gasteiger partial charge is 0.264 e. The minimum atomic E-state index is -4.13. The number of nitrogens with one attached hydrogen (secondary N) is 1. The van der Waals surface area contributed by atoms with Crippen molar-refractivity contribution in [1.82, 2.24) is 4.31 Å². The van der Waals surface area contributed by atoms with Gasteiger partial charge in [0.25, 0.3) is 10.0 Å². The molecule has 206 valence electrons. The molecule has 5 rings (SSSR count). The molecule has 0 aromatic heterocycles. The molecule has 0 unspecified atom stereocenters. The minimum absolute atomic E-state index is 0.0189. The molecule has 13 heteroatoms. The van der Waals surface area contributed by atoms with Crippen LogP contribution in [0.4, 0.5) is 11.4 Å². The van der Waals surface area contributed by atoms with Crippen LogP contribution in [0.3, 0.4) is 0 Å². The number of benzene rings is 3. The molecule has 0 saturated carbocycles. The molecule has 0 atom stereocenters. The fourth-order valence-corrected chi connectivity index (χ4v) is 7.04. The third-order valence-corrected chi connectivity index (χ3v) is 9.88. The van der Waals surface area contributed by atoms with Crippen LogP contribution in [0.15, 0.2) is 82.6 Å². The zero-order chi connectivity index (χ0) is 27.5. The molecule has 1 saturated heterocycles. The number of anilines is 2. The maximum atomic E-state index is 13.6. The summed E-state index contributed by atoms with van der Waals surface area (Å²) >= 11 is 0. The maximum absolute atomic E-state index is 13.6. The van der Waals surface area contributed by atoms with Crippen molar-refractivity contribution in [2.24, 2.45) is 0 Å². The second-order valence-electron chi connectivity index (χ2n) is 8.74. The van der Waals surface area contributed by atoms with Gasteiger partial charge in [0, 0.05) is 24.8 Å². The van der Waals surface area contributed by atoms with Crippen molar-refractivity contribution in [2.75, 3.05) is 55.7 Å². The molecule has 2 aliphatic rings. The van der Waals surface area contributed by atoms with E-state index in [4.69, 9.17) is 14.2 Å². The lowest BCUT2D eigenvalue weighted by molar-refractivity contribution is -0.114. The van der Waals surface area contributed by atoms with Crippen LogP contribution in [0.2, 0.25) is 0 Å². The Labute approximate surface area is 227 Å². The lowest BCUT2D eigenvalue weighted by Crippen LogP contribution is -2.40. The van der Waals surface area contributed by atoms with Crippen LogP contribution in [-0.4, -0.2) is 73.1 Å². The summed E-state index contributed by atoms with van der Waals surface area (Å²) in [6, 6.07) is 18.2. The first-order valence-corrected chi connectivity index (χ1v) is 15.1. The van der Waals surface area contributed by atoms with E-state index in [0.29, 0.717) is 43.6 Å². The van der Waals surface area contributed by atoms with E-state index in [-0.39, 0.29) is 28.6 Å². The monoisotopic (exact) mass is 573 g/mol. The van der Waals surface area contributed by atoms with Crippen LogP contribution >= 0.6 is 0 Å². The van der Waals surface area contributed by atoms with Gasteiger partial charge in [0.15, 0.2) is 11.5 Å². The number of morpholine rings is 1. The van der Waals surface area contributed by atoms with Crippen LogP contribution in [0, 0.1) is 0 Å². The normalized spacial score (nSPS) is 15.9. The van der Waals surface area contributed by atoms with Crippen molar-refractivity contribution in [3.8, 4) is 11.5 Å². The second kappa shape index (κ2) is 11.2. The van der Waals surface area contributed by atoms with Crippen LogP contribution in [0.1, 0.15) is 0 Å². The predicted molar refractivity (Wildman–Crippen MR) is 143 cm³/mol. The third-order valence-electron chi connectivity index (χ3n) is 6.18. The van der Waals surface area contributed by atoms with E-state index in [1.54, 1.807) is 30.3 Å². The minimum Gasteiger partial charge on any atom is -0.486 e. The highest BCUT2D eigenvalue weighted by atomic mass is 32.2. The largest absolute Gasteiger partial charge is 0.486 e. The highest BCUT2D eigenvalue weighted by Gasteiger charge is 2.29. The molecular formula is C26H27N3O8S2. The van der Waals surface area contributed by atoms with Crippen LogP contribution < -0.4 is 19.1 Å². The predicted octanol–water partition coefficient (Wildman–Crippen LogP) is 2.31. The first kappa shape index (κ1) is 26.9. The van der Waals surface area contributed by atoms with E-state index >= 15 is 0 Å². The zero-order valence-electron chi connectivity index (χ0n) is 20.9. The molecule has 0 spiro atoms. The fraction of sp³-hybridized carbons (Fsp3) is 0.269. The van der Waals surface area contributed by atoms with Gasteiger partial charge in [-0.2, -0.15) is 4.31 Å². The van der Waals surface area contributed by atoms with Crippen molar-refractivity contribution in [1.29, 1.82) is 0 Å². The molecule has 39 heavy (non-hydrogen) atoms. The third kappa shape index (κ3) is 5.86. The molecule has 2 aliphatic heterocycles. The van der Waals surface area contributed by atoms with Gasteiger partial charge in [0.2, 0.25) is 15.9 Å². The first-order valence-electron chi connectivity index (χ1n) is 12.2. The van der Waals surface area contributed by atoms with Gasteiger partial charge in [0.1, 0.15) is 19.8 Å². The number of rotatable bonds is 8. The van der Waals surface area contributed by atoms with Crippen molar-refractivity contribution in [3.05, 3.63) is 72.8 Å². The standard InChI is InChI=1S/C26H27N3O8S2/c30-26(27-20-6-9-23(10-7-20)38(31,32)28-12-14-35-15-13-28)19-29(39(33,34)22-4-2-1-3-5-22)21-8-11-24-25(18-21)37-17-16-36-24/h1-11,18H,12-17,19H2,(H,27,30). The van der Waals surface area contributed by atoms with Crippen LogP contribution in [0.25, 0.3) is 0 Å². The molecule has 11 nitrogen and oxygen atoms in total. The lowest BCUT2D eigenvalue weighted by Gasteiger charge is -2.26. The summed E-state index contributed by atoms with van der Waals surface area (Å²) in [4.78, 5) is 13.2. The Hall–Kier alpha value is -3.65. The van der Waals surface area contributed by atoms with Gasteiger partial charge in [-0.3, -0.25) is 9.10 Å². The van der Waals surface area contributed by atoms with Crippen molar-refractivity contribution in [3.63, 3.8) is 0 Å². The van der Waals surface area contributed by atoms with Gasteiger partial charge in [-0.05, 0) is 48.5 Å². The molecule has 0 aliphatic carbocycles. The summed E-state index contributed by atoms with van der Waals surface area (Å²) in [5.74, 6) is 0.247. The zero-order valence-corrected chi connectivity index (χ0v) is 22.5. The molecule has 1 N–H and O–H groups in total. The molecule has 1 fully saturated rings. The Morgan fingerprint density at radius 2 is 1.46 bits per heavy atom. The number of carbonyl (C=O) groups excluding carboxylic acids is 1. The maximum Gasteiger partial charge on any atom is 0.264 e. The van der Waals surface area contributed by atoms with E-state index in [1.807, 2.05) is 0 Å². The summed E-state index contributed by atoms with van der Waals surface area (Å²) in [5, 5.41) is 2.66. The number of sulfonamides is 2. The Morgan fingerprint density at radius 1 is 0.795 bits per heavy atom. The number of carbonyl (C=O) groups is 1. The number of amides is 1. The number of ether oxygens (including phenoxy) is 3. The average molecular weight is 574 g/mol. The van der Waals surface area contributed by atoms with Crippen LogP contribution in [-0.2, 0) is 29.6 Å². The van der Waals surface area contributed by atoms with Crippen molar-refractivity contribution >= 4 is 37.3 Å². The van der Waals surface area contributed by atoms with Crippen LogP contribution in [0.5, 0.6) is 11.5 Å². The molecule has 2 heterocycles. The average Bonchev–Trinajstić information content (AvgIpc) is 2.97. The van der Waals surface area contributed by atoms with E-state index in [9.17, 15) is 21.6 Å². The SMILES string of the molecule is O=C(CN(c1ccc2c(c1)OCCO2)S(=O)(=O)c1ccccc1)Nc1ccc(S(=O)(=O)N2CCOCC2)cc1. The molecule has 3 aromatic carbocycles. The van der Waals surface area contributed by atoms with Gasteiger partial charge in [0.05, 0.1) is 28.7 Å². The number of hydrogen-bond acceptors (Lipinski definition) is 8. The van der Waals surface area contributed by atoms with E-state index in [0.717, 1.165) is 4.31 Å². The van der Waals surface area contributed by atoms with Gasteiger partial charge < -0.3 is 19.5 Å². The Bertz CT molecular complexity index is 1540.